The molecule has 0 radical (unpaired) electrons. The fraction of sp³-hybridized carbons (Fsp3) is 0.933. The van der Waals surface area contributed by atoms with Crippen LogP contribution in [0.2, 0.25) is 0 Å². The van der Waals surface area contributed by atoms with Gasteiger partial charge in [0.05, 0.1) is 18.1 Å². The number of carbonyl (C=O) groups excluding carboxylic acids is 1. The summed E-state index contributed by atoms with van der Waals surface area (Å²) in [6.07, 6.45) is 2.96. The lowest BCUT2D eigenvalue weighted by Gasteiger charge is -2.29. The first kappa shape index (κ1) is 16.2. The fourth-order valence-corrected chi connectivity index (χ4v) is 5.98. The van der Waals surface area contributed by atoms with Crippen LogP contribution in [0.25, 0.3) is 0 Å². The first-order chi connectivity index (χ1) is 10.4. The van der Waals surface area contributed by atoms with Crippen LogP contribution in [0.1, 0.15) is 26.2 Å². The third-order valence-corrected chi connectivity index (χ3v) is 7.27. The molecule has 3 aliphatic heterocycles. The molecular weight excluding hydrogens is 302 g/mol. The summed E-state index contributed by atoms with van der Waals surface area (Å²) in [5.41, 5.74) is 0.369. The van der Waals surface area contributed by atoms with Crippen LogP contribution in [0, 0.1) is 5.41 Å². The predicted octanol–water partition coefficient (Wildman–Crippen LogP) is -0.293. The standard InChI is InChI=1S/C15H27N3O3S/c1-2-18(13-3-8-22(20,21)10-13)14(19)9-17-7-5-15(12-17)4-6-16-11-15/h13,16H,2-12H2,1H3. The van der Waals surface area contributed by atoms with Gasteiger partial charge in [0.1, 0.15) is 0 Å². The van der Waals surface area contributed by atoms with Crippen LogP contribution in [0.4, 0.5) is 0 Å². The summed E-state index contributed by atoms with van der Waals surface area (Å²) in [6.45, 7) is 7.10. The highest BCUT2D eigenvalue weighted by Crippen LogP contribution is 2.35. The largest absolute Gasteiger partial charge is 0.338 e. The number of likely N-dealkylation sites (tertiary alicyclic amines) is 1. The number of sulfone groups is 1. The Morgan fingerprint density at radius 3 is 2.82 bits per heavy atom. The SMILES string of the molecule is CCN(C(=O)CN1CCC2(CCNC2)C1)C1CCS(=O)(=O)C1. The monoisotopic (exact) mass is 329 g/mol. The van der Waals surface area contributed by atoms with Gasteiger partial charge >= 0.3 is 0 Å². The van der Waals surface area contributed by atoms with Crippen molar-refractivity contribution in [2.75, 3.05) is 50.8 Å². The summed E-state index contributed by atoms with van der Waals surface area (Å²) in [5, 5.41) is 3.43. The van der Waals surface area contributed by atoms with E-state index in [2.05, 4.69) is 10.2 Å². The molecule has 126 valence electrons. The second kappa shape index (κ2) is 6.09. The highest BCUT2D eigenvalue weighted by molar-refractivity contribution is 7.91. The van der Waals surface area contributed by atoms with E-state index in [-0.39, 0.29) is 23.5 Å². The van der Waals surface area contributed by atoms with E-state index in [9.17, 15) is 13.2 Å². The maximum absolute atomic E-state index is 12.6. The van der Waals surface area contributed by atoms with Crippen LogP contribution in [0.3, 0.4) is 0 Å². The van der Waals surface area contributed by atoms with Crippen molar-refractivity contribution in [2.24, 2.45) is 5.41 Å². The molecule has 0 aliphatic carbocycles. The summed E-state index contributed by atoms with van der Waals surface area (Å²) in [5.74, 6) is 0.452. The highest BCUT2D eigenvalue weighted by atomic mass is 32.2. The number of hydrogen-bond donors (Lipinski definition) is 1. The van der Waals surface area contributed by atoms with Gasteiger partial charge in [-0.05, 0) is 44.7 Å². The van der Waals surface area contributed by atoms with E-state index in [0.29, 0.717) is 24.9 Å². The molecule has 0 saturated carbocycles. The second-order valence-corrected chi connectivity index (χ2v) is 9.35. The normalized spacial score (nSPS) is 34.5. The van der Waals surface area contributed by atoms with Crippen molar-refractivity contribution >= 4 is 15.7 Å². The number of amides is 1. The Morgan fingerprint density at radius 2 is 2.23 bits per heavy atom. The molecule has 0 aromatic rings. The lowest BCUT2D eigenvalue weighted by atomic mass is 9.87. The summed E-state index contributed by atoms with van der Waals surface area (Å²) >= 11 is 0. The van der Waals surface area contributed by atoms with E-state index in [1.165, 1.54) is 6.42 Å². The number of carbonyl (C=O) groups is 1. The molecular formula is C15H27N3O3S. The van der Waals surface area contributed by atoms with Crippen molar-refractivity contribution in [3.63, 3.8) is 0 Å². The predicted molar refractivity (Wildman–Crippen MR) is 85.4 cm³/mol. The molecule has 7 heteroatoms. The lowest BCUT2D eigenvalue weighted by Crippen LogP contribution is -2.46. The van der Waals surface area contributed by atoms with Crippen LogP contribution < -0.4 is 5.32 Å². The summed E-state index contributed by atoms with van der Waals surface area (Å²) in [4.78, 5) is 16.6. The molecule has 2 unspecified atom stereocenters. The first-order valence-corrected chi connectivity index (χ1v) is 10.2. The number of nitrogens with zero attached hydrogens (tertiary/aromatic N) is 2. The second-order valence-electron chi connectivity index (χ2n) is 7.12. The molecule has 2 atom stereocenters. The van der Waals surface area contributed by atoms with Gasteiger partial charge in [0.25, 0.3) is 0 Å². The van der Waals surface area contributed by atoms with Gasteiger partial charge in [-0.25, -0.2) is 8.42 Å². The zero-order valence-corrected chi connectivity index (χ0v) is 14.2. The van der Waals surface area contributed by atoms with Gasteiger partial charge in [-0.3, -0.25) is 9.69 Å². The molecule has 3 fully saturated rings. The van der Waals surface area contributed by atoms with E-state index in [0.717, 1.165) is 32.6 Å². The maximum Gasteiger partial charge on any atom is 0.237 e. The number of nitrogens with one attached hydrogen (secondary N) is 1. The quantitative estimate of drug-likeness (QED) is 0.767. The van der Waals surface area contributed by atoms with Crippen LogP contribution in [0.5, 0.6) is 0 Å². The van der Waals surface area contributed by atoms with Crippen molar-refractivity contribution in [3.05, 3.63) is 0 Å². The van der Waals surface area contributed by atoms with Crippen LogP contribution in [-0.2, 0) is 14.6 Å². The molecule has 3 rings (SSSR count). The Morgan fingerprint density at radius 1 is 1.41 bits per heavy atom. The van der Waals surface area contributed by atoms with Crippen molar-refractivity contribution in [1.82, 2.24) is 15.1 Å². The van der Waals surface area contributed by atoms with Gasteiger partial charge < -0.3 is 10.2 Å². The van der Waals surface area contributed by atoms with E-state index < -0.39 is 9.84 Å². The average molecular weight is 329 g/mol. The maximum atomic E-state index is 12.6. The third-order valence-electron chi connectivity index (χ3n) is 5.52. The summed E-state index contributed by atoms with van der Waals surface area (Å²) in [6, 6.07) is -0.118. The van der Waals surface area contributed by atoms with Crippen molar-refractivity contribution in [2.45, 2.75) is 32.2 Å². The van der Waals surface area contributed by atoms with E-state index in [1.807, 2.05) is 6.92 Å². The van der Waals surface area contributed by atoms with Gasteiger partial charge in [-0.1, -0.05) is 0 Å². The van der Waals surface area contributed by atoms with Crippen LogP contribution >= 0.6 is 0 Å². The molecule has 22 heavy (non-hydrogen) atoms. The highest BCUT2D eigenvalue weighted by Gasteiger charge is 2.41. The zero-order valence-electron chi connectivity index (χ0n) is 13.4. The van der Waals surface area contributed by atoms with E-state index >= 15 is 0 Å². The van der Waals surface area contributed by atoms with Gasteiger partial charge in [0.15, 0.2) is 9.84 Å². The van der Waals surface area contributed by atoms with Gasteiger partial charge in [0, 0.05) is 25.7 Å². The molecule has 1 N–H and O–H groups in total. The number of rotatable bonds is 4. The zero-order chi connectivity index (χ0) is 15.8. The Hall–Kier alpha value is -0.660. The van der Waals surface area contributed by atoms with Gasteiger partial charge in [-0.15, -0.1) is 0 Å². The Kier molecular flexibility index (Phi) is 4.49. The molecule has 1 spiro atoms. The molecule has 3 aliphatic rings. The topological polar surface area (TPSA) is 69.7 Å². The van der Waals surface area contributed by atoms with Gasteiger partial charge in [0.2, 0.25) is 5.91 Å². The fourth-order valence-electron chi connectivity index (χ4n) is 4.25. The van der Waals surface area contributed by atoms with Crippen LogP contribution in [0.15, 0.2) is 0 Å². The summed E-state index contributed by atoms with van der Waals surface area (Å²) in [7, 11) is -2.95. The molecule has 0 bridgehead atoms. The van der Waals surface area contributed by atoms with E-state index in [4.69, 9.17) is 0 Å². The smallest absolute Gasteiger partial charge is 0.237 e. The lowest BCUT2D eigenvalue weighted by molar-refractivity contribution is -0.133. The average Bonchev–Trinajstić information content (AvgIpc) is 3.15. The number of likely N-dealkylation sites (N-methyl/N-ethyl adjacent to an activating group) is 1. The molecule has 6 nitrogen and oxygen atoms in total. The van der Waals surface area contributed by atoms with Crippen molar-refractivity contribution in [3.8, 4) is 0 Å². The first-order valence-electron chi connectivity index (χ1n) is 8.36. The molecule has 0 aromatic carbocycles. The van der Waals surface area contributed by atoms with Gasteiger partial charge in [-0.2, -0.15) is 0 Å². The Labute approximate surface area is 133 Å². The molecule has 3 saturated heterocycles. The number of hydrogen-bond acceptors (Lipinski definition) is 5. The minimum atomic E-state index is -2.95. The molecule has 1 amide bonds. The minimum absolute atomic E-state index is 0.0904. The summed E-state index contributed by atoms with van der Waals surface area (Å²) < 4.78 is 23.3. The Bertz CT molecular complexity index is 528. The van der Waals surface area contributed by atoms with E-state index in [1.54, 1.807) is 4.90 Å². The molecule has 3 heterocycles. The molecule has 0 aromatic heterocycles. The van der Waals surface area contributed by atoms with Crippen LogP contribution in [-0.4, -0.2) is 80.9 Å². The Balaban J connectivity index is 1.56. The van der Waals surface area contributed by atoms with Crippen molar-refractivity contribution < 1.29 is 13.2 Å². The third kappa shape index (κ3) is 3.31. The minimum Gasteiger partial charge on any atom is -0.338 e. The van der Waals surface area contributed by atoms with Crippen molar-refractivity contribution in [1.29, 1.82) is 0 Å².